The topological polar surface area (TPSA) is 37.3 Å². The molecule has 1 aromatic rings. The molecule has 1 aliphatic heterocycles. The molecular formula is C12H18O2S3. The average molecular weight is 290 g/mol. The standard InChI is InChI=1S/C8H14O2S2.C4H4S/c1-8(2,11)6-3-5(4-12-6)7(9)10;1-2-4-5-3-1/h5-6,11H,3-4H2,1-2H3,(H,9,10);1-4H/t5-,6+;/m0./s1. The number of carbonyl (C=O) groups is 1. The summed E-state index contributed by atoms with van der Waals surface area (Å²) in [6, 6.07) is 4.04. The van der Waals surface area contributed by atoms with Crippen LogP contribution in [0.15, 0.2) is 22.9 Å². The molecule has 17 heavy (non-hydrogen) atoms. The molecule has 0 amide bonds. The first kappa shape index (κ1) is 14.9. The fourth-order valence-electron chi connectivity index (χ4n) is 1.52. The monoisotopic (exact) mass is 290 g/mol. The SMILES string of the molecule is CC(C)(S)[C@H]1C[C@H](C(=O)O)CS1.c1ccsc1. The zero-order valence-corrected chi connectivity index (χ0v) is 12.5. The summed E-state index contributed by atoms with van der Waals surface area (Å²) in [5.41, 5.74) is 0. The van der Waals surface area contributed by atoms with Crippen LogP contribution in [-0.2, 0) is 4.79 Å². The smallest absolute Gasteiger partial charge is 0.307 e. The van der Waals surface area contributed by atoms with Crippen molar-refractivity contribution >= 4 is 41.7 Å². The minimum absolute atomic E-state index is 0.0606. The van der Waals surface area contributed by atoms with Gasteiger partial charge in [-0.3, -0.25) is 4.79 Å². The summed E-state index contributed by atoms with van der Waals surface area (Å²) in [6.45, 7) is 4.08. The van der Waals surface area contributed by atoms with Gasteiger partial charge in [-0.1, -0.05) is 12.1 Å². The van der Waals surface area contributed by atoms with Crippen LogP contribution in [0.2, 0.25) is 0 Å². The van der Waals surface area contributed by atoms with Crippen LogP contribution in [-0.4, -0.2) is 26.8 Å². The van der Waals surface area contributed by atoms with Crippen LogP contribution in [0.25, 0.3) is 0 Å². The molecule has 1 saturated heterocycles. The Balaban J connectivity index is 0.000000239. The molecule has 5 heteroatoms. The van der Waals surface area contributed by atoms with Crippen molar-refractivity contribution in [3.05, 3.63) is 22.9 Å². The molecule has 1 N–H and O–H groups in total. The Morgan fingerprint density at radius 3 is 2.24 bits per heavy atom. The first-order valence-electron chi connectivity index (χ1n) is 5.45. The number of carboxylic acid groups (broad SMARTS) is 1. The summed E-state index contributed by atoms with van der Waals surface area (Å²) in [7, 11) is 0. The predicted molar refractivity (Wildman–Crippen MR) is 79.4 cm³/mol. The predicted octanol–water partition coefficient (Wildman–Crippen LogP) is 3.65. The molecule has 2 nitrogen and oxygen atoms in total. The van der Waals surface area contributed by atoms with Crippen LogP contribution in [0.4, 0.5) is 0 Å². The third-order valence-electron chi connectivity index (χ3n) is 2.56. The van der Waals surface area contributed by atoms with Crippen molar-refractivity contribution in [1.82, 2.24) is 0 Å². The minimum Gasteiger partial charge on any atom is -0.481 e. The van der Waals surface area contributed by atoms with Gasteiger partial charge in [0, 0.05) is 15.7 Å². The van der Waals surface area contributed by atoms with Crippen molar-refractivity contribution in [2.75, 3.05) is 5.75 Å². The molecule has 2 atom stereocenters. The van der Waals surface area contributed by atoms with Crippen LogP contribution in [0.3, 0.4) is 0 Å². The van der Waals surface area contributed by atoms with E-state index < -0.39 is 5.97 Å². The summed E-state index contributed by atoms with van der Waals surface area (Å²) < 4.78 is -0.0606. The number of hydrogen-bond acceptors (Lipinski definition) is 4. The van der Waals surface area contributed by atoms with Crippen LogP contribution in [0, 0.1) is 5.92 Å². The zero-order valence-electron chi connectivity index (χ0n) is 10.00. The van der Waals surface area contributed by atoms with Gasteiger partial charge < -0.3 is 5.11 Å². The number of hydrogen-bond donors (Lipinski definition) is 2. The zero-order chi connectivity index (χ0) is 12.9. The highest BCUT2D eigenvalue weighted by Gasteiger charge is 2.37. The van der Waals surface area contributed by atoms with Crippen LogP contribution in [0.1, 0.15) is 20.3 Å². The van der Waals surface area contributed by atoms with Gasteiger partial charge in [0.05, 0.1) is 5.92 Å². The highest BCUT2D eigenvalue weighted by Crippen LogP contribution is 2.40. The Kier molecular flexibility index (Phi) is 5.89. The minimum atomic E-state index is -0.664. The molecule has 0 radical (unpaired) electrons. The number of aliphatic carboxylic acids is 1. The van der Waals surface area contributed by atoms with E-state index in [1.807, 2.05) is 36.7 Å². The Morgan fingerprint density at radius 2 is 2.00 bits per heavy atom. The molecule has 0 bridgehead atoms. The number of thiol groups is 1. The van der Waals surface area contributed by atoms with Gasteiger partial charge in [0.2, 0.25) is 0 Å². The van der Waals surface area contributed by atoms with Gasteiger partial charge in [-0.2, -0.15) is 35.7 Å². The van der Waals surface area contributed by atoms with Crippen molar-refractivity contribution in [2.45, 2.75) is 30.3 Å². The lowest BCUT2D eigenvalue weighted by Crippen LogP contribution is -2.26. The highest BCUT2D eigenvalue weighted by atomic mass is 32.2. The second-order valence-electron chi connectivity index (χ2n) is 4.54. The van der Waals surface area contributed by atoms with Crippen LogP contribution >= 0.6 is 35.7 Å². The third-order valence-corrected chi connectivity index (χ3v) is 5.45. The van der Waals surface area contributed by atoms with Gasteiger partial charge in [0.15, 0.2) is 0 Å². The third kappa shape index (κ3) is 5.36. The molecule has 0 saturated carbocycles. The maximum absolute atomic E-state index is 10.6. The Morgan fingerprint density at radius 1 is 1.41 bits per heavy atom. The van der Waals surface area contributed by atoms with Crippen molar-refractivity contribution in [1.29, 1.82) is 0 Å². The van der Waals surface area contributed by atoms with Crippen molar-refractivity contribution in [3.8, 4) is 0 Å². The summed E-state index contributed by atoms with van der Waals surface area (Å²) >= 11 is 7.89. The Labute approximate surface area is 116 Å². The molecule has 96 valence electrons. The van der Waals surface area contributed by atoms with Crippen molar-refractivity contribution in [3.63, 3.8) is 0 Å². The Hall–Kier alpha value is -0.130. The van der Waals surface area contributed by atoms with Gasteiger partial charge in [-0.25, -0.2) is 0 Å². The molecule has 0 spiro atoms. The molecule has 2 rings (SSSR count). The second kappa shape index (κ2) is 6.71. The summed E-state index contributed by atoms with van der Waals surface area (Å²) in [6.07, 6.45) is 0.760. The number of carboxylic acids is 1. The second-order valence-corrected chi connectivity index (χ2v) is 7.74. The van der Waals surface area contributed by atoms with Gasteiger partial charge in [-0.15, -0.1) is 0 Å². The molecule has 1 fully saturated rings. The van der Waals surface area contributed by atoms with E-state index in [0.29, 0.717) is 5.25 Å². The van der Waals surface area contributed by atoms with Gasteiger partial charge in [0.25, 0.3) is 0 Å². The van der Waals surface area contributed by atoms with E-state index in [9.17, 15) is 4.79 Å². The van der Waals surface area contributed by atoms with E-state index in [-0.39, 0.29) is 10.7 Å². The maximum atomic E-state index is 10.6. The highest BCUT2D eigenvalue weighted by molar-refractivity contribution is 8.01. The van der Waals surface area contributed by atoms with Gasteiger partial charge in [-0.05, 0) is 31.0 Å². The fourth-order valence-corrected chi connectivity index (χ4v) is 3.82. The lowest BCUT2D eigenvalue weighted by Gasteiger charge is -2.24. The van der Waals surface area contributed by atoms with E-state index in [0.717, 1.165) is 12.2 Å². The number of thioether (sulfide) groups is 1. The molecule has 0 aromatic carbocycles. The normalized spacial score (nSPS) is 23.9. The molecule has 1 aliphatic rings. The average Bonchev–Trinajstić information content (AvgIpc) is 2.92. The summed E-state index contributed by atoms with van der Waals surface area (Å²) in [4.78, 5) is 10.6. The van der Waals surface area contributed by atoms with Gasteiger partial charge >= 0.3 is 5.97 Å². The quantitative estimate of drug-likeness (QED) is 0.816. The van der Waals surface area contributed by atoms with E-state index in [4.69, 9.17) is 5.11 Å². The van der Waals surface area contributed by atoms with Crippen LogP contribution in [0.5, 0.6) is 0 Å². The number of thiophene rings is 1. The molecule has 0 aliphatic carbocycles. The summed E-state index contributed by atoms with van der Waals surface area (Å²) in [5.74, 6) is -0.0849. The Bertz CT molecular complexity index is 313. The van der Waals surface area contributed by atoms with Crippen LogP contribution < -0.4 is 0 Å². The molecule has 0 unspecified atom stereocenters. The largest absolute Gasteiger partial charge is 0.481 e. The van der Waals surface area contributed by atoms with E-state index >= 15 is 0 Å². The number of rotatable bonds is 2. The maximum Gasteiger partial charge on any atom is 0.307 e. The summed E-state index contributed by atoms with van der Waals surface area (Å²) in [5, 5.41) is 13.2. The van der Waals surface area contributed by atoms with Gasteiger partial charge in [0.1, 0.15) is 0 Å². The van der Waals surface area contributed by atoms with E-state index in [2.05, 4.69) is 12.6 Å². The molecular weight excluding hydrogens is 272 g/mol. The van der Waals surface area contributed by atoms with E-state index in [1.165, 1.54) is 0 Å². The molecule has 1 aromatic heterocycles. The van der Waals surface area contributed by atoms with E-state index in [1.54, 1.807) is 23.1 Å². The fraction of sp³-hybridized carbons (Fsp3) is 0.583. The lowest BCUT2D eigenvalue weighted by atomic mass is 9.99. The van der Waals surface area contributed by atoms with Crippen molar-refractivity contribution < 1.29 is 9.90 Å². The van der Waals surface area contributed by atoms with Crippen molar-refractivity contribution in [2.24, 2.45) is 5.92 Å². The lowest BCUT2D eigenvalue weighted by molar-refractivity contribution is -0.140. The first-order chi connectivity index (χ1) is 7.91. The molecule has 2 heterocycles. The first-order valence-corrected chi connectivity index (χ1v) is 7.89.